The van der Waals surface area contributed by atoms with Gasteiger partial charge in [0.15, 0.2) is 0 Å². The molecular weight excluding hydrogens is 599 g/mol. The lowest BCUT2D eigenvalue weighted by Gasteiger charge is -2.38. The molecule has 1 unspecified atom stereocenters. The summed E-state index contributed by atoms with van der Waals surface area (Å²) >= 11 is 0. The molecule has 3 aromatic carbocycles. The van der Waals surface area contributed by atoms with E-state index in [2.05, 4.69) is 41.1 Å². The highest BCUT2D eigenvalue weighted by molar-refractivity contribution is 7.89. The van der Waals surface area contributed by atoms with E-state index in [1.165, 1.54) is 41.6 Å². The van der Waals surface area contributed by atoms with Gasteiger partial charge in [-0.25, -0.2) is 22.3 Å². The number of benzene rings is 3. The van der Waals surface area contributed by atoms with E-state index in [4.69, 9.17) is 0 Å². The summed E-state index contributed by atoms with van der Waals surface area (Å²) in [6, 6.07) is 22.4. The fourth-order valence-electron chi connectivity index (χ4n) is 5.35. The van der Waals surface area contributed by atoms with Crippen molar-refractivity contribution in [1.82, 2.24) is 18.6 Å². The third-order valence-corrected chi connectivity index (χ3v) is 11.7. The topological polar surface area (TPSA) is 121 Å². The smallest absolute Gasteiger partial charge is 0.259 e. The van der Waals surface area contributed by atoms with Crippen molar-refractivity contribution in [3.63, 3.8) is 0 Å². The van der Waals surface area contributed by atoms with Crippen molar-refractivity contribution >= 4 is 32.2 Å². The zero-order valence-corrected chi connectivity index (χ0v) is 26.6. The second-order valence-electron chi connectivity index (χ2n) is 10.8. The van der Waals surface area contributed by atoms with Gasteiger partial charge in [-0.15, -0.1) is 0 Å². The molecule has 0 spiro atoms. The molecule has 1 atom stereocenters. The Labute approximate surface area is 258 Å². The standard InChI is InChI=1S/C32H35N5O5S2/c1-23-15-16-28(19-24(23)2)37-25(3)20-27(26(37)4)21-33-34-32(38)31-22-35(43(39,40)29-11-7-5-8-12-29)17-18-36(31)44(41,42)30-13-9-6-10-14-30/h5-16,19-21,31H,17-18,22H2,1-4H3,(H,34,38)/b33-21+. The molecule has 0 bridgehead atoms. The Bertz CT molecular complexity index is 1920. The number of aryl methyl sites for hydroxylation is 3. The molecular formula is C32H35N5O5S2. The van der Waals surface area contributed by atoms with Crippen molar-refractivity contribution in [2.45, 2.75) is 43.5 Å². The molecule has 2 heterocycles. The van der Waals surface area contributed by atoms with Gasteiger partial charge in [-0.3, -0.25) is 4.79 Å². The van der Waals surface area contributed by atoms with E-state index in [1.54, 1.807) is 36.4 Å². The summed E-state index contributed by atoms with van der Waals surface area (Å²) in [6.07, 6.45) is 1.51. The van der Waals surface area contributed by atoms with Gasteiger partial charge in [-0.2, -0.15) is 13.7 Å². The van der Waals surface area contributed by atoms with Gasteiger partial charge in [0.05, 0.1) is 16.0 Å². The van der Waals surface area contributed by atoms with Crippen molar-refractivity contribution in [3.05, 3.63) is 113 Å². The number of carbonyl (C=O) groups excluding carboxylic acids is 1. The Morgan fingerprint density at radius 3 is 2.02 bits per heavy atom. The number of hydrogen-bond acceptors (Lipinski definition) is 6. The van der Waals surface area contributed by atoms with Crippen LogP contribution in [-0.2, 0) is 24.8 Å². The number of rotatable bonds is 8. The summed E-state index contributed by atoms with van der Waals surface area (Å²) in [4.78, 5) is 13.7. The van der Waals surface area contributed by atoms with Gasteiger partial charge in [0.1, 0.15) is 6.04 Å². The second-order valence-corrected chi connectivity index (χ2v) is 14.6. The van der Waals surface area contributed by atoms with Gasteiger partial charge in [0, 0.05) is 42.3 Å². The molecule has 12 heteroatoms. The predicted molar refractivity (Wildman–Crippen MR) is 170 cm³/mol. The summed E-state index contributed by atoms with van der Waals surface area (Å²) in [5, 5.41) is 4.16. The maximum Gasteiger partial charge on any atom is 0.259 e. The van der Waals surface area contributed by atoms with E-state index in [1.807, 2.05) is 26.0 Å². The Morgan fingerprint density at radius 1 is 0.795 bits per heavy atom. The van der Waals surface area contributed by atoms with Gasteiger partial charge in [-0.05, 0) is 81.3 Å². The highest BCUT2D eigenvalue weighted by Crippen LogP contribution is 2.26. The Hall–Kier alpha value is -4.10. The number of aromatic nitrogens is 1. The Morgan fingerprint density at radius 2 is 1.41 bits per heavy atom. The third-order valence-electron chi connectivity index (χ3n) is 7.92. The number of amides is 1. The first kappa shape index (κ1) is 31.3. The van der Waals surface area contributed by atoms with Crippen molar-refractivity contribution in [3.8, 4) is 5.69 Å². The Balaban J connectivity index is 1.42. The lowest BCUT2D eigenvalue weighted by atomic mass is 10.1. The summed E-state index contributed by atoms with van der Waals surface area (Å²) in [5.74, 6) is -0.739. The quantitative estimate of drug-likeness (QED) is 0.233. The van der Waals surface area contributed by atoms with Crippen LogP contribution in [0.5, 0.6) is 0 Å². The van der Waals surface area contributed by atoms with E-state index in [0.29, 0.717) is 0 Å². The summed E-state index contributed by atoms with van der Waals surface area (Å²) < 4.78 is 58.3. The molecule has 1 fully saturated rings. The van der Waals surface area contributed by atoms with E-state index in [9.17, 15) is 21.6 Å². The molecule has 1 aliphatic heterocycles. The van der Waals surface area contributed by atoms with Crippen LogP contribution in [0.3, 0.4) is 0 Å². The molecule has 0 radical (unpaired) electrons. The fraction of sp³-hybridized carbons (Fsp3) is 0.250. The minimum Gasteiger partial charge on any atom is -0.318 e. The van der Waals surface area contributed by atoms with E-state index >= 15 is 0 Å². The first-order valence-electron chi connectivity index (χ1n) is 14.1. The molecule has 44 heavy (non-hydrogen) atoms. The maximum absolute atomic E-state index is 13.6. The van der Waals surface area contributed by atoms with Crippen LogP contribution < -0.4 is 5.43 Å². The van der Waals surface area contributed by atoms with Gasteiger partial charge >= 0.3 is 0 Å². The number of sulfonamides is 2. The summed E-state index contributed by atoms with van der Waals surface area (Å²) in [6.45, 7) is 7.37. The number of carbonyl (C=O) groups is 1. The van der Waals surface area contributed by atoms with Crippen LogP contribution in [0, 0.1) is 27.7 Å². The monoisotopic (exact) mass is 633 g/mol. The molecule has 0 aliphatic carbocycles. The van der Waals surface area contributed by atoms with E-state index in [-0.39, 0.29) is 29.4 Å². The van der Waals surface area contributed by atoms with E-state index < -0.39 is 32.0 Å². The highest BCUT2D eigenvalue weighted by atomic mass is 32.2. The average molecular weight is 634 g/mol. The zero-order chi connectivity index (χ0) is 31.6. The molecule has 1 aromatic heterocycles. The molecule has 10 nitrogen and oxygen atoms in total. The number of nitrogens with one attached hydrogen (secondary N) is 1. The highest BCUT2D eigenvalue weighted by Gasteiger charge is 2.43. The average Bonchev–Trinajstić information content (AvgIpc) is 3.31. The van der Waals surface area contributed by atoms with Crippen LogP contribution in [0.25, 0.3) is 5.69 Å². The first-order chi connectivity index (χ1) is 20.9. The van der Waals surface area contributed by atoms with Crippen LogP contribution in [0.2, 0.25) is 0 Å². The van der Waals surface area contributed by atoms with Crippen LogP contribution in [0.4, 0.5) is 0 Å². The van der Waals surface area contributed by atoms with Crippen LogP contribution in [0.1, 0.15) is 28.1 Å². The third kappa shape index (κ3) is 6.11. The maximum atomic E-state index is 13.6. The molecule has 4 aromatic rings. The normalized spacial score (nSPS) is 16.8. The van der Waals surface area contributed by atoms with Gasteiger partial charge < -0.3 is 4.57 Å². The molecule has 1 amide bonds. The van der Waals surface area contributed by atoms with Crippen LogP contribution >= 0.6 is 0 Å². The van der Waals surface area contributed by atoms with Crippen LogP contribution in [0.15, 0.2) is 99.8 Å². The molecule has 0 saturated carbocycles. The number of hydrazone groups is 1. The summed E-state index contributed by atoms with van der Waals surface area (Å²) in [7, 11) is -8.09. The van der Waals surface area contributed by atoms with Gasteiger partial charge in [-0.1, -0.05) is 42.5 Å². The molecule has 1 saturated heterocycles. The lowest BCUT2D eigenvalue weighted by Crippen LogP contribution is -2.60. The van der Waals surface area contributed by atoms with Crippen LogP contribution in [-0.4, -0.2) is 67.8 Å². The fourth-order valence-corrected chi connectivity index (χ4v) is 8.40. The molecule has 1 N–H and O–H groups in total. The van der Waals surface area contributed by atoms with Crippen molar-refractivity contribution in [1.29, 1.82) is 0 Å². The first-order valence-corrected chi connectivity index (χ1v) is 17.0. The lowest BCUT2D eigenvalue weighted by molar-refractivity contribution is -0.125. The minimum atomic E-state index is -4.12. The molecule has 1 aliphatic rings. The van der Waals surface area contributed by atoms with Crippen molar-refractivity contribution in [2.24, 2.45) is 5.10 Å². The SMILES string of the molecule is Cc1ccc(-n2c(C)cc(/C=N/NC(=O)C3CN(S(=O)(=O)c4ccccc4)CCN3S(=O)(=O)c3ccccc3)c2C)cc1C. The number of hydrogen-bond donors (Lipinski definition) is 1. The minimum absolute atomic E-state index is 0.0134. The van der Waals surface area contributed by atoms with Gasteiger partial charge in [0.2, 0.25) is 20.0 Å². The van der Waals surface area contributed by atoms with Crippen molar-refractivity contribution < 1.29 is 21.6 Å². The predicted octanol–water partition coefficient (Wildman–Crippen LogP) is 3.93. The second kappa shape index (κ2) is 12.5. The molecule has 230 valence electrons. The largest absolute Gasteiger partial charge is 0.318 e. The molecule has 5 rings (SSSR count). The summed E-state index contributed by atoms with van der Waals surface area (Å²) in [5.41, 5.74) is 8.51. The Kier molecular flexibility index (Phi) is 8.89. The zero-order valence-electron chi connectivity index (χ0n) is 25.0. The van der Waals surface area contributed by atoms with Gasteiger partial charge in [0.25, 0.3) is 5.91 Å². The number of piperazine rings is 1. The number of nitrogens with zero attached hydrogens (tertiary/aromatic N) is 4. The van der Waals surface area contributed by atoms with E-state index in [0.717, 1.165) is 31.2 Å². The van der Waals surface area contributed by atoms with Crippen molar-refractivity contribution in [2.75, 3.05) is 19.6 Å².